The number of rotatable bonds is 5. The molecule has 112 valence electrons. The van der Waals surface area contributed by atoms with Crippen molar-refractivity contribution in [3.63, 3.8) is 0 Å². The van der Waals surface area contributed by atoms with Crippen molar-refractivity contribution in [3.8, 4) is 0 Å². The van der Waals surface area contributed by atoms with Gasteiger partial charge in [-0.2, -0.15) is 0 Å². The molecule has 0 atom stereocenters. The number of hydrogen-bond acceptors (Lipinski definition) is 4. The monoisotopic (exact) mass is 282 g/mol. The molecule has 0 spiro atoms. The zero-order valence-electron chi connectivity index (χ0n) is 12.4. The molecule has 0 radical (unpaired) electrons. The summed E-state index contributed by atoms with van der Waals surface area (Å²) >= 11 is 0. The second-order valence-corrected chi connectivity index (χ2v) is 5.51. The molecule has 1 rings (SSSR count). The summed E-state index contributed by atoms with van der Waals surface area (Å²) in [4.78, 5) is 24.8. The van der Waals surface area contributed by atoms with Gasteiger partial charge in [-0.1, -0.05) is 0 Å². The fourth-order valence-electron chi connectivity index (χ4n) is 1.50. The largest absolute Gasteiger partial charge is 0.467 e. The van der Waals surface area contributed by atoms with Crippen molar-refractivity contribution in [2.75, 3.05) is 13.6 Å². The van der Waals surface area contributed by atoms with E-state index in [2.05, 4.69) is 5.32 Å². The Labute approximate surface area is 119 Å². The Morgan fingerprint density at radius 1 is 1.40 bits per heavy atom. The van der Waals surface area contributed by atoms with Crippen LogP contribution in [0.25, 0.3) is 0 Å². The van der Waals surface area contributed by atoms with Crippen molar-refractivity contribution in [3.05, 3.63) is 24.2 Å². The molecule has 0 aliphatic heterocycles. The lowest BCUT2D eigenvalue weighted by molar-refractivity contribution is -0.130. The van der Waals surface area contributed by atoms with Gasteiger partial charge >= 0.3 is 6.09 Å². The molecule has 1 aromatic rings. The van der Waals surface area contributed by atoms with Crippen molar-refractivity contribution in [2.24, 2.45) is 0 Å². The van der Waals surface area contributed by atoms with E-state index < -0.39 is 11.7 Å². The molecule has 0 fully saturated rings. The average Bonchev–Trinajstić information content (AvgIpc) is 2.79. The topological polar surface area (TPSA) is 71.8 Å². The lowest BCUT2D eigenvalue weighted by atomic mass is 10.2. The second kappa shape index (κ2) is 6.98. The van der Waals surface area contributed by atoms with E-state index in [4.69, 9.17) is 9.15 Å². The van der Waals surface area contributed by atoms with Gasteiger partial charge in [0.1, 0.15) is 11.4 Å². The fourth-order valence-corrected chi connectivity index (χ4v) is 1.50. The van der Waals surface area contributed by atoms with Gasteiger partial charge in [0, 0.05) is 20.0 Å². The molecule has 1 aromatic heterocycles. The van der Waals surface area contributed by atoms with Crippen molar-refractivity contribution in [1.29, 1.82) is 0 Å². The normalized spacial score (nSPS) is 11.0. The first-order valence-corrected chi connectivity index (χ1v) is 6.51. The van der Waals surface area contributed by atoms with E-state index in [9.17, 15) is 9.59 Å². The third-order valence-corrected chi connectivity index (χ3v) is 2.41. The van der Waals surface area contributed by atoms with Crippen molar-refractivity contribution >= 4 is 12.0 Å². The molecule has 0 saturated heterocycles. The van der Waals surface area contributed by atoms with Gasteiger partial charge in [0.2, 0.25) is 5.91 Å². The molecule has 6 heteroatoms. The maximum absolute atomic E-state index is 11.8. The van der Waals surface area contributed by atoms with Gasteiger partial charge in [-0.3, -0.25) is 4.79 Å². The highest BCUT2D eigenvalue weighted by Crippen LogP contribution is 2.07. The van der Waals surface area contributed by atoms with Crippen LogP contribution in [0.5, 0.6) is 0 Å². The van der Waals surface area contributed by atoms with Crippen LogP contribution in [-0.2, 0) is 16.1 Å². The van der Waals surface area contributed by atoms with E-state index in [0.717, 1.165) is 5.76 Å². The summed E-state index contributed by atoms with van der Waals surface area (Å²) in [6.45, 7) is 6.02. The minimum Gasteiger partial charge on any atom is -0.467 e. The number of nitrogens with one attached hydrogen (secondary N) is 1. The summed E-state index contributed by atoms with van der Waals surface area (Å²) < 4.78 is 10.2. The van der Waals surface area contributed by atoms with Crippen molar-refractivity contribution in [1.82, 2.24) is 10.2 Å². The lowest BCUT2D eigenvalue weighted by Crippen LogP contribution is -2.35. The van der Waals surface area contributed by atoms with E-state index in [1.807, 2.05) is 6.07 Å². The van der Waals surface area contributed by atoms with Crippen LogP contribution >= 0.6 is 0 Å². The highest BCUT2D eigenvalue weighted by molar-refractivity contribution is 5.76. The summed E-state index contributed by atoms with van der Waals surface area (Å²) in [5.74, 6) is 0.651. The molecule has 0 aliphatic carbocycles. The van der Waals surface area contributed by atoms with Crippen LogP contribution in [0, 0.1) is 0 Å². The smallest absolute Gasteiger partial charge is 0.407 e. The minimum atomic E-state index is -0.538. The molecule has 1 heterocycles. The first-order valence-electron chi connectivity index (χ1n) is 6.51. The maximum atomic E-state index is 11.8. The number of hydrogen-bond donors (Lipinski definition) is 1. The summed E-state index contributed by atoms with van der Waals surface area (Å²) in [6.07, 6.45) is 1.27. The van der Waals surface area contributed by atoms with Crippen LogP contribution in [0.1, 0.15) is 33.0 Å². The Balaban J connectivity index is 2.24. The number of furan rings is 1. The summed E-state index contributed by atoms with van der Waals surface area (Å²) in [5, 5.41) is 2.55. The molecule has 0 bridgehead atoms. The molecular formula is C14H22N2O4. The van der Waals surface area contributed by atoms with Crippen LogP contribution in [0.2, 0.25) is 0 Å². The Hall–Kier alpha value is -1.98. The molecular weight excluding hydrogens is 260 g/mol. The summed E-state index contributed by atoms with van der Waals surface area (Å²) in [5.41, 5.74) is -0.538. The van der Waals surface area contributed by atoms with Crippen molar-refractivity contribution < 1.29 is 18.7 Å². The SMILES string of the molecule is CN(Cc1ccco1)C(=O)CCNC(=O)OC(C)(C)C. The van der Waals surface area contributed by atoms with Crippen LogP contribution in [-0.4, -0.2) is 36.1 Å². The fraction of sp³-hybridized carbons (Fsp3) is 0.571. The molecule has 0 unspecified atom stereocenters. The minimum absolute atomic E-state index is 0.0718. The predicted molar refractivity (Wildman–Crippen MR) is 74.0 cm³/mol. The van der Waals surface area contributed by atoms with Gasteiger partial charge in [-0.05, 0) is 32.9 Å². The number of alkyl carbamates (subject to hydrolysis) is 1. The zero-order valence-corrected chi connectivity index (χ0v) is 12.4. The Morgan fingerprint density at radius 2 is 2.10 bits per heavy atom. The van der Waals surface area contributed by atoms with Gasteiger partial charge in [-0.25, -0.2) is 4.79 Å². The van der Waals surface area contributed by atoms with Crippen LogP contribution in [0.3, 0.4) is 0 Å². The quantitative estimate of drug-likeness (QED) is 0.898. The molecule has 0 saturated carbocycles. The van der Waals surface area contributed by atoms with E-state index in [1.54, 1.807) is 45.0 Å². The third kappa shape index (κ3) is 6.26. The Kier molecular flexibility index (Phi) is 5.61. The first kappa shape index (κ1) is 16.1. The number of carbonyl (C=O) groups is 2. The molecule has 6 nitrogen and oxygen atoms in total. The van der Waals surface area contributed by atoms with Crippen LogP contribution in [0.4, 0.5) is 4.79 Å². The highest BCUT2D eigenvalue weighted by atomic mass is 16.6. The summed E-state index contributed by atoms with van der Waals surface area (Å²) in [7, 11) is 1.69. The molecule has 1 N–H and O–H groups in total. The predicted octanol–water partition coefficient (Wildman–Crippen LogP) is 2.15. The highest BCUT2D eigenvalue weighted by Gasteiger charge is 2.16. The van der Waals surface area contributed by atoms with E-state index >= 15 is 0 Å². The summed E-state index contributed by atoms with van der Waals surface area (Å²) in [6, 6.07) is 3.58. The standard InChI is InChI=1S/C14H22N2O4/c1-14(2,3)20-13(18)15-8-7-12(17)16(4)10-11-6-5-9-19-11/h5-6,9H,7-8,10H2,1-4H3,(H,15,18). The third-order valence-electron chi connectivity index (χ3n) is 2.41. The maximum Gasteiger partial charge on any atom is 0.407 e. The van der Waals surface area contributed by atoms with Gasteiger partial charge in [0.05, 0.1) is 12.8 Å². The van der Waals surface area contributed by atoms with Gasteiger partial charge in [-0.15, -0.1) is 0 Å². The molecule has 20 heavy (non-hydrogen) atoms. The van der Waals surface area contributed by atoms with Gasteiger partial charge in [0.15, 0.2) is 0 Å². The van der Waals surface area contributed by atoms with Crippen LogP contribution in [0.15, 0.2) is 22.8 Å². The number of carbonyl (C=O) groups excluding carboxylic acids is 2. The zero-order chi connectivity index (χ0) is 15.2. The average molecular weight is 282 g/mol. The van der Waals surface area contributed by atoms with E-state index in [-0.39, 0.29) is 18.9 Å². The Bertz CT molecular complexity index is 435. The molecule has 2 amide bonds. The molecule has 0 aromatic carbocycles. The number of amides is 2. The Morgan fingerprint density at radius 3 is 2.65 bits per heavy atom. The number of nitrogens with zero attached hydrogens (tertiary/aromatic N) is 1. The first-order chi connectivity index (χ1) is 9.28. The van der Waals surface area contributed by atoms with Crippen molar-refractivity contribution in [2.45, 2.75) is 39.3 Å². The number of ether oxygens (including phenoxy) is 1. The van der Waals surface area contributed by atoms with Crippen LogP contribution < -0.4 is 5.32 Å². The second-order valence-electron chi connectivity index (χ2n) is 5.51. The van der Waals surface area contributed by atoms with E-state index in [1.165, 1.54) is 0 Å². The lowest BCUT2D eigenvalue weighted by Gasteiger charge is -2.20. The van der Waals surface area contributed by atoms with Gasteiger partial charge < -0.3 is 19.4 Å². The van der Waals surface area contributed by atoms with Gasteiger partial charge in [0.25, 0.3) is 0 Å². The van der Waals surface area contributed by atoms with E-state index in [0.29, 0.717) is 6.54 Å². The molecule has 0 aliphatic rings.